The number of anilines is 1. The van der Waals surface area contributed by atoms with Gasteiger partial charge in [0, 0.05) is 59.7 Å². The lowest BCUT2D eigenvalue weighted by atomic mass is 10.1. The third-order valence-corrected chi connectivity index (χ3v) is 8.59. The van der Waals surface area contributed by atoms with Crippen molar-refractivity contribution in [2.45, 2.75) is 48.4 Å². The van der Waals surface area contributed by atoms with E-state index in [1.165, 1.54) is 23.3 Å². The molecule has 39 heavy (non-hydrogen) atoms. The molecule has 0 radical (unpaired) electrons. The highest BCUT2D eigenvalue weighted by molar-refractivity contribution is 8.00. The van der Waals surface area contributed by atoms with Crippen LogP contribution in [-0.2, 0) is 11.3 Å². The van der Waals surface area contributed by atoms with Gasteiger partial charge >= 0.3 is 0 Å². The molecule has 0 bridgehead atoms. The van der Waals surface area contributed by atoms with E-state index in [4.69, 9.17) is 20.0 Å². The molecular weight excluding hydrogens is 508 g/mol. The molecule has 4 aromatic rings. The van der Waals surface area contributed by atoms with E-state index >= 15 is 0 Å². The van der Waals surface area contributed by atoms with E-state index in [0.29, 0.717) is 28.6 Å². The smallest absolute Gasteiger partial charge is 0.189 e. The number of nitrogens with zero attached hydrogens (tertiary/aromatic N) is 3. The zero-order valence-electron chi connectivity index (χ0n) is 21.9. The molecule has 2 fully saturated rings. The van der Waals surface area contributed by atoms with Crippen molar-refractivity contribution < 1.29 is 9.26 Å². The first-order valence-electron chi connectivity index (χ1n) is 13.7. The molecule has 6 rings (SSSR count). The highest BCUT2D eigenvalue weighted by Crippen LogP contribution is 2.32. The number of piperidine rings is 1. The van der Waals surface area contributed by atoms with E-state index < -0.39 is 0 Å². The van der Waals surface area contributed by atoms with Crippen LogP contribution in [0, 0.1) is 0 Å². The lowest BCUT2D eigenvalue weighted by Gasteiger charge is -2.23. The summed E-state index contributed by atoms with van der Waals surface area (Å²) < 4.78 is 11.1. The van der Waals surface area contributed by atoms with Crippen LogP contribution >= 0.6 is 11.8 Å². The second-order valence-corrected chi connectivity index (χ2v) is 11.5. The number of ether oxygens (including phenoxy) is 1. The highest BCUT2D eigenvalue weighted by Gasteiger charge is 2.17. The van der Waals surface area contributed by atoms with Crippen LogP contribution in [0.25, 0.3) is 34.0 Å². The Labute approximate surface area is 233 Å². The number of thioether (sulfide) groups is 1. The predicted molar refractivity (Wildman–Crippen MR) is 155 cm³/mol. The first-order valence-corrected chi connectivity index (χ1v) is 14.6. The number of hydrogen-bond donors (Lipinski definition) is 3. The molecule has 0 spiro atoms. The minimum absolute atomic E-state index is 0.313. The van der Waals surface area contributed by atoms with Crippen molar-refractivity contribution in [1.82, 2.24) is 25.8 Å². The van der Waals surface area contributed by atoms with E-state index in [2.05, 4.69) is 69.3 Å². The van der Waals surface area contributed by atoms with Gasteiger partial charge in [-0.3, -0.25) is 0 Å². The van der Waals surface area contributed by atoms with Crippen LogP contribution in [0.4, 0.5) is 5.82 Å². The van der Waals surface area contributed by atoms with Crippen LogP contribution in [0.3, 0.4) is 0 Å². The molecule has 9 heteroatoms. The SMILES string of the molecule is Nc1ncc(-c2ccc(SC3CCCNC3)cc2)nc1-c1cc(-c2ccc(CNC3CCOCC3)cc2)no1. The van der Waals surface area contributed by atoms with Crippen LogP contribution in [0.1, 0.15) is 31.2 Å². The van der Waals surface area contributed by atoms with Gasteiger partial charge in [0.05, 0.1) is 11.9 Å². The van der Waals surface area contributed by atoms with Gasteiger partial charge < -0.3 is 25.6 Å². The van der Waals surface area contributed by atoms with Crippen molar-refractivity contribution in [3.8, 4) is 34.0 Å². The summed E-state index contributed by atoms with van der Waals surface area (Å²) >= 11 is 1.93. The molecule has 0 aliphatic carbocycles. The van der Waals surface area contributed by atoms with Gasteiger partial charge in [0.1, 0.15) is 5.69 Å². The lowest BCUT2D eigenvalue weighted by Crippen LogP contribution is -2.34. The van der Waals surface area contributed by atoms with E-state index in [1.54, 1.807) is 6.20 Å². The predicted octanol–water partition coefficient (Wildman–Crippen LogP) is 5.16. The molecule has 4 heterocycles. The standard InChI is InChI=1S/C30H34N6O2S/c31-30-29(35-27(19-34-30)22-7-9-24(10-8-22)39-25-2-1-13-32-18-25)28-16-26(36-38-28)21-5-3-20(4-6-21)17-33-23-11-14-37-15-12-23/h3-10,16,19,23,25,32-33H,1-2,11-15,17-18H2,(H2,31,34). The highest BCUT2D eigenvalue weighted by atomic mass is 32.2. The molecule has 2 aliphatic heterocycles. The number of nitrogens with two attached hydrogens (primary N) is 1. The fourth-order valence-corrected chi connectivity index (χ4v) is 6.18. The quantitative estimate of drug-likeness (QED) is 0.278. The Bertz CT molecular complexity index is 1360. The van der Waals surface area contributed by atoms with E-state index in [1.807, 2.05) is 17.8 Å². The van der Waals surface area contributed by atoms with Crippen molar-refractivity contribution in [2.24, 2.45) is 0 Å². The molecule has 4 N–H and O–H groups in total. The second kappa shape index (κ2) is 12.3. The summed E-state index contributed by atoms with van der Waals surface area (Å²) in [5, 5.41) is 12.0. The Hall–Kier alpha value is -3.24. The van der Waals surface area contributed by atoms with Crippen molar-refractivity contribution in [2.75, 3.05) is 32.0 Å². The molecular formula is C30H34N6O2S. The molecule has 1 unspecified atom stereocenters. The Morgan fingerprint density at radius 2 is 1.74 bits per heavy atom. The summed E-state index contributed by atoms with van der Waals surface area (Å²) in [5.41, 5.74) is 11.4. The normalized spacial score (nSPS) is 18.3. The fraction of sp³-hybridized carbons (Fsp3) is 0.367. The lowest BCUT2D eigenvalue weighted by molar-refractivity contribution is 0.0776. The molecule has 1 atom stereocenters. The van der Waals surface area contributed by atoms with E-state index in [-0.39, 0.29) is 0 Å². The molecule has 0 saturated carbocycles. The first kappa shape index (κ1) is 26.0. The van der Waals surface area contributed by atoms with Gasteiger partial charge in [-0.05, 0) is 49.9 Å². The van der Waals surface area contributed by atoms with Crippen LogP contribution in [-0.4, -0.2) is 52.7 Å². The summed E-state index contributed by atoms with van der Waals surface area (Å²) in [6, 6.07) is 19.3. The van der Waals surface area contributed by atoms with E-state index in [9.17, 15) is 0 Å². The number of rotatable bonds is 8. The van der Waals surface area contributed by atoms with Gasteiger partial charge in [-0.25, -0.2) is 9.97 Å². The zero-order chi connectivity index (χ0) is 26.4. The number of nitrogen functional groups attached to an aromatic ring is 1. The Kier molecular flexibility index (Phi) is 8.20. The number of nitrogens with one attached hydrogen (secondary N) is 2. The average molecular weight is 543 g/mol. The summed E-state index contributed by atoms with van der Waals surface area (Å²) in [4.78, 5) is 10.5. The Morgan fingerprint density at radius 1 is 0.974 bits per heavy atom. The minimum Gasteiger partial charge on any atom is -0.382 e. The van der Waals surface area contributed by atoms with Crippen LogP contribution < -0.4 is 16.4 Å². The van der Waals surface area contributed by atoms with E-state index in [0.717, 1.165) is 68.2 Å². The summed E-state index contributed by atoms with van der Waals surface area (Å²) in [5.74, 6) is 0.812. The maximum atomic E-state index is 6.20. The number of hydrogen-bond acceptors (Lipinski definition) is 9. The topological polar surface area (TPSA) is 111 Å². The van der Waals surface area contributed by atoms with Gasteiger partial charge in [0.25, 0.3) is 0 Å². The number of aromatic nitrogens is 3. The average Bonchev–Trinajstić information content (AvgIpc) is 3.48. The van der Waals surface area contributed by atoms with Gasteiger partial charge in [-0.2, -0.15) is 0 Å². The molecule has 2 aromatic heterocycles. The van der Waals surface area contributed by atoms with Gasteiger partial charge in [0.15, 0.2) is 17.3 Å². The molecule has 202 valence electrons. The fourth-order valence-electron chi connectivity index (χ4n) is 5.02. The molecule has 2 aromatic carbocycles. The van der Waals surface area contributed by atoms with Gasteiger partial charge in [0.2, 0.25) is 0 Å². The third kappa shape index (κ3) is 6.50. The van der Waals surface area contributed by atoms with Crippen LogP contribution in [0.5, 0.6) is 0 Å². The second-order valence-electron chi connectivity index (χ2n) is 10.1. The third-order valence-electron chi connectivity index (χ3n) is 7.31. The Morgan fingerprint density at radius 3 is 2.51 bits per heavy atom. The van der Waals surface area contributed by atoms with Crippen molar-refractivity contribution >= 4 is 17.6 Å². The maximum absolute atomic E-state index is 6.20. The maximum Gasteiger partial charge on any atom is 0.189 e. The summed E-state index contributed by atoms with van der Waals surface area (Å²) in [6.45, 7) is 4.71. The zero-order valence-corrected chi connectivity index (χ0v) is 22.8. The summed E-state index contributed by atoms with van der Waals surface area (Å²) in [6.07, 6.45) is 6.33. The molecule has 8 nitrogen and oxygen atoms in total. The Balaban J connectivity index is 1.13. The van der Waals surface area contributed by atoms with Gasteiger partial charge in [-0.1, -0.05) is 41.6 Å². The minimum atomic E-state index is 0.313. The number of benzene rings is 2. The van der Waals surface area contributed by atoms with Crippen LogP contribution in [0.15, 0.2) is 70.2 Å². The largest absolute Gasteiger partial charge is 0.382 e. The van der Waals surface area contributed by atoms with Gasteiger partial charge in [-0.15, -0.1) is 11.8 Å². The molecule has 2 saturated heterocycles. The molecule has 2 aliphatic rings. The summed E-state index contributed by atoms with van der Waals surface area (Å²) in [7, 11) is 0. The van der Waals surface area contributed by atoms with Crippen molar-refractivity contribution in [3.63, 3.8) is 0 Å². The molecule has 0 amide bonds. The monoisotopic (exact) mass is 542 g/mol. The first-order chi connectivity index (χ1) is 19.2. The van der Waals surface area contributed by atoms with Crippen molar-refractivity contribution in [1.29, 1.82) is 0 Å². The van der Waals surface area contributed by atoms with Crippen molar-refractivity contribution in [3.05, 3.63) is 66.4 Å². The van der Waals surface area contributed by atoms with Crippen LogP contribution in [0.2, 0.25) is 0 Å².